The zero-order chi connectivity index (χ0) is 21.5. The average Bonchev–Trinajstić information content (AvgIpc) is 3.22. The summed E-state index contributed by atoms with van der Waals surface area (Å²) in [6.45, 7) is 11.2. The van der Waals surface area contributed by atoms with Gasteiger partial charge in [-0.3, -0.25) is 9.67 Å². The maximum Gasteiger partial charge on any atom is 0.154 e. The van der Waals surface area contributed by atoms with E-state index in [1.54, 1.807) is 13.3 Å². The molecule has 8 heteroatoms. The zero-order valence-electron chi connectivity index (χ0n) is 17.8. The van der Waals surface area contributed by atoms with Crippen LogP contribution in [0.1, 0.15) is 43.5 Å². The van der Waals surface area contributed by atoms with E-state index in [2.05, 4.69) is 46.2 Å². The molecule has 3 rings (SSSR count). The highest BCUT2D eigenvalue weighted by molar-refractivity contribution is 5.82. The number of ether oxygens (including phenoxy) is 1. The highest BCUT2D eigenvalue weighted by Gasteiger charge is 2.08. The molecule has 0 radical (unpaired) electrons. The van der Waals surface area contributed by atoms with Gasteiger partial charge in [-0.15, -0.1) is 5.10 Å². The lowest BCUT2D eigenvalue weighted by Gasteiger charge is -2.10. The SMILES string of the molecule is C=Nc1ccc(Nc2cc(C(C)C)cnn2)nc1/C=C(\C)c1cnn(CCOC)c1. The molecule has 0 aliphatic rings. The van der Waals surface area contributed by atoms with Gasteiger partial charge in [-0.25, -0.2) is 4.98 Å². The van der Waals surface area contributed by atoms with Gasteiger partial charge >= 0.3 is 0 Å². The predicted molar refractivity (Wildman–Crippen MR) is 120 cm³/mol. The Morgan fingerprint density at radius 2 is 2.13 bits per heavy atom. The number of hydrogen-bond donors (Lipinski definition) is 1. The second-order valence-corrected chi connectivity index (χ2v) is 7.23. The van der Waals surface area contributed by atoms with Crippen molar-refractivity contribution < 1.29 is 4.74 Å². The molecule has 3 heterocycles. The van der Waals surface area contributed by atoms with Crippen LogP contribution in [0.3, 0.4) is 0 Å². The van der Waals surface area contributed by atoms with Gasteiger partial charge in [0.05, 0.1) is 36.9 Å². The fraction of sp³-hybridized carbons (Fsp3) is 0.318. The smallest absolute Gasteiger partial charge is 0.154 e. The lowest BCUT2D eigenvalue weighted by atomic mass is 10.1. The fourth-order valence-electron chi connectivity index (χ4n) is 2.83. The topological polar surface area (TPSA) is 90.1 Å². The highest BCUT2D eigenvalue weighted by Crippen LogP contribution is 2.26. The predicted octanol–water partition coefficient (Wildman–Crippen LogP) is 4.47. The highest BCUT2D eigenvalue weighted by atomic mass is 16.5. The van der Waals surface area contributed by atoms with Crippen LogP contribution < -0.4 is 5.32 Å². The van der Waals surface area contributed by atoms with E-state index in [1.807, 2.05) is 48.3 Å². The van der Waals surface area contributed by atoms with Gasteiger partial charge in [0, 0.05) is 18.9 Å². The Morgan fingerprint density at radius 3 is 2.87 bits per heavy atom. The van der Waals surface area contributed by atoms with Crippen LogP contribution in [0, 0.1) is 0 Å². The Kier molecular flexibility index (Phi) is 7.03. The molecule has 3 aromatic heterocycles. The molecule has 0 atom stereocenters. The molecule has 0 spiro atoms. The maximum atomic E-state index is 5.10. The van der Waals surface area contributed by atoms with Crippen LogP contribution in [0.2, 0.25) is 0 Å². The number of rotatable bonds is 9. The first-order valence-corrected chi connectivity index (χ1v) is 9.77. The molecule has 30 heavy (non-hydrogen) atoms. The molecule has 0 amide bonds. The first kappa shape index (κ1) is 21.3. The average molecular weight is 406 g/mol. The molecular weight excluding hydrogens is 378 g/mol. The number of nitrogens with zero attached hydrogens (tertiary/aromatic N) is 6. The fourth-order valence-corrected chi connectivity index (χ4v) is 2.83. The molecule has 0 unspecified atom stereocenters. The molecule has 1 N–H and O–H groups in total. The molecule has 0 bridgehead atoms. The van der Waals surface area contributed by atoms with Crippen molar-refractivity contribution in [2.75, 3.05) is 19.0 Å². The normalized spacial score (nSPS) is 11.7. The standard InChI is InChI=1S/C22H27N7O/c1-15(2)17-11-22(28-24-12-17)27-21-7-6-19(23-4)20(26-21)10-16(3)18-13-25-29(14-18)8-9-30-5/h6-7,10-15H,4,8-9H2,1-3,5H3,(H,26,27,28)/b16-10+. The molecule has 0 aliphatic heterocycles. The van der Waals surface area contributed by atoms with Gasteiger partial charge in [0.2, 0.25) is 0 Å². The van der Waals surface area contributed by atoms with Crippen molar-refractivity contribution in [3.63, 3.8) is 0 Å². The maximum absolute atomic E-state index is 5.10. The quantitative estimate of drug-likeness (QED) is 0.528. The van der Waals surface area contributed by atoms with E-state index >= 15 is 0 Å². The summed E-state index contributed by atoms with van der Waals surface area (Å²) >= 11 is 0. The number of aromatic nitrogens is 5. The number of nitrogens with one attached hydrogen (secondary N) is 1. The van der Waals surface area contributed by atoms with E-state index in [0.29, 0.717) is 42.1 Å². The summed E-state index contributed by atoms with van der Waals surface area (Å²) in [6.07, 6.45) is 7.57. The van der Waals surface area contributed by atoms with Crippen LogP contribution in [0.15, 0.2) is 41.8 Å². The minimum atomic E-state index is 0.368. The van der Waals surface area contributed by atoms with E-state index in [0.717, 1.165) is 16.7 Å². The third-order valence-corrected chi connectivity index (χ3v) is 4.64. The second kappa shape index (κ2) is 9.89. The van der Waals surface area contributed by atoms with E-state index in [1.165, 1.54) is 0 Å². The van der Waals surface area contributed by atoms with Crippen molar-refractivity contribution in [3.05, 3.63) is 53.6 Å². The molecule has 0 saturated heterocycles. The zero-order valence-corrected chi connectivity index (χ0v) is 17.8. The number of methoxy groups -OCH3 is 1. The Bertz CT molecular complexity index is 1040. The van der Waals surface area contributed by atoms with Crippen LogP contribution in [-0.4, -0.2) is 45.4 Å². The first-order chi connectivity index (χ1) is 14.5. The minimum Gasteiger partial charge on any atom is -0.383 e. The Hall–Kier alpha value is -3.39. The molecule has 0 aromatic carbocycles. The Morgan fingerprint density at radius 1 is 1.30 bits per heavy atom. The monoisotopic (exact) mass is 405 g/mol. The van der Waals surface area contributed by atoms with Gasteiger partial charge in [0.15, 0.2) is 5.82 Å². The number of anilines is 2. The summed E-state index contributed by atoms with van der Waals surface area (Å²) in [4.78, 5) is 8.80. The summed E-state index contributed by atoms with van der Waals surface area (Å²) < 4.78 is 6.96. The number of allylic oxidation sites excluding steroid dienone is 1. The molecule has 0 fully saturated rings. The second-order valence-electron chi connectivity index (χ2n) is 7.23. The van der Waals surface area contributed by atoms with Gasteiger partial charge in [-0.05, 0) is 55.0 Å². The number of pyridine rings is 1. The van der Waals surface area contributed by atoms with Gasteiger partial charge in [-0.2, -0.15) is 10.2 Å². The van der Waals surface area contributed by atoms with E-state index in [9.17, 15) is 0 Å². The van der Waals surface area contributed by atoms with Gasteiger partial charge in [-0.1, -0.05) is 13.8 Å². The molecule has 3 aromatic rings. The third kappa shape index (κ3) is 5.36. The summed E-state index contributed by atoms with van der Waals surface area (Å²) in [5.74, 6) is 1.68. The lowest BCUT2D eigenvalue weighted by Crippen LogP contribution is -2.03. The van der Waals surface area contributed by atoms with Crippen LogP contribution in [0.4, 0.5) is 17.3 Å². The first-order valence-electron chi connectivity index (χ1n) is 9.77. The van der Waals surface area contributed by atoms with Crippen LogP contribution >= 0.6 is 0 Å². The molecular formula is C22H27N7O. The van der Waals surface area contributed by atoms with Crippen molar-refractivity contribution in [1.29, 1.82) is 0 Å². The van der Waals surface area contributed by atoms with Crippen molar-refractivity contribution >= 4 is 35.7 Å². The van der Waals surface area contributed by atoms with Gasteiger partial charge < -0.3 is 10.1 Å². The largest absolute Gasteiger partial charge is 0.383 e. The Balaban J connectivity index is 1.85. The Labute approximate surface area is 176 Å². The van der Waals surface area contributed by atoms with E-state index in [-0.39, 0.29) is 0 Å². The van der Waals surface area contributed by atoms with Crippen molar-refractivity contribution in [2.24, 2.45) is 4.99 Å². The minimum absolute atomic E-state index is 0.368. The van der Waals surface area contributed by atoms with Crippen LogP contribution in [0.5, 0.6) is 0 Å². The van der Waals surface area contributed by atoms with Crippen molar-refractivity contribution in [3.8, 4) is 0 Å². The molecule has 0 saturated carbocycles. The number of aliphatic imine (C=N–C) groups is 1. The summed E-state index contributed by atoms with van der Waals surface area (Å²) in [5, 5.41) is 15.8. The molecule has 0 aliphatic carbocycles. The lowest BCUT2D eigenvalue weighted by molar-refractivity contribution is 0.183. The third-order valence-electron chi connectivity index (χ3n) is 4.64. The van der Waals surface area contributed by atoms with Crippen LogP contribution in [-0.2, 0) is 11.3 Å². The summed E-state index contributed by atoms with van der Waals surface area (Å²) in [5.41, 5.74) is 4.56. The molecule has 8 nitrogen and oxygen atoms in total. The summed E-state index contributed by atoms with van der Waals surface area (Å²) in [6, 6.07) is 5.71. The number of hydrogen-bond acceptors (Lipinski definition) is 7. The van der Waals surface area contributed by atoms with E-state index < -0.39 is 0 Å². The molecule has 156 valence electrons. The summed E-state index contributed by atoms with van der Waals surface area (Å²) in [7, 11) is 1.68. The van der Waals surface area contributed by atoms with Gasteiger partial charge in [0.25, 0.3) is 0 Å². The van der Waals surface area contributed by atoms with E-state index in [4.69, 9.17) is 9.72 Å². The van der Waals surface area contributed by atoms with Crippen molar-refractivity contribution in [2.45, 2.75) is 33.2 Å². The van der Waals surface area contributed by atoms with Crippen molar-refractivity contribution in [1.82, 2.24) is 25.0 Å². The van der Waals surface area contributed by atoms with Crippen LogP contribution in [0.25, 0.3) is 11.6 Å². The van der Waals surface area contributed by atoms with Gasteiger partial charge in [0.1, 0.15) is 5.82 Å².